The Morgan fingerprint density at radius 3 is 1.29 bits per heavy atom. The highest BCUT2D eigenvalue weighted by Crippen LogP contribution is 2.71. The fraction of sp³-hybridized carbons (Fsp3) is 0.870. The molecule has 23 atom stereocenters. The number of hydrogen-bond acceptors (Lipinski definition) is 9. The highest BCUT2D eigenvalue weighted by atomic mass is 16.5. The predicted molar refractivity (Wildman–Crippen MR) is 343 cm³/mol. The van der Waals surface area contributed by atoms with E-state index in [0.29, 0.717) is 69.9 Å². The molecule has 0 aliphatic heterocycles. The summed E-state index contributed by atoms with van der Waals surface area (Å²) in [6.07, 6.45) is 41.3. The molecule has 9 fully saturated rings. The third-order valence-corrected chi connectivity index (χ3v) is 30.3. The maximum atomic E-state index is 12.0. The molecule has 2 N–H and O–H groups in total. The first-order valence-electron chi connectivity index (χ1n) is 36.0. The molecule has 0 radical (unpaired) electrons. The topological polar surface area (TPSA) is 136 Å². The summed E-state index contributed by atoms with van der Waals surface area (Å²) >= 11 is 0. The minimum absolute atomic E-state index is 0.0624. The van der Waals surface area contributed by atoms with Gasteiger partial charge in [-0.25, -0.2) is 0 Å². The molecular formula is C77H122O9. The Hall–Kier alpha value is -2.78. The van der Waals surface area contributed by atoms with Crippen LogP contribution in [0.15, 0.2) is 34.9 Å². The molecule has 12 rings (SSSR count). The Bertz CT molecular complexity index is 2560. The van der Waals surface area contributed by atoms with E-state index in [9.17, 15) is 29.4 Å². The summed E-state index contributed by atoms with van der Waals surface area (Å²) in [5, 5.41) is 21.1. The highest BCUT2D eigenvalue weighted by molar-refractivity contribution is 5.82. The summed E-state index contributed by atoms with van der Waals surface area (Å²) in [4.78, 5) is 46.9. The number of aliphatic hydroxyl groups excluding tert-OH is 1. The van der Waals surface area contributed by atoms with E-state index < -0.39 is 5.60 Å². The molecule has 0 aromatic heterocycles. The lowest BCUT2D eigenvalue weighted by molar-refractivity contribution is -0.142. The van der Waals surface area contributed by atoms with Gasteiger partial charge in [-0.15, -0.1) is 0 Å². The average molecular weight is 1190 g/mol. The molecule has 86 heavy (non-hydrogen) atoms. The number of allylic oxidation sites excluding steroid dienone is 4. The Balaban J connectivity index is 0.000000143. The molecule has 9 heteroatoms. The van der Waals surface area contributed by atoms with Gasteiger partial charge in [-0.3, -0.25) is 19.2 Å². The van der Waals surface area contributed by atoms with Crippen molar-refractivity contribution < 1.29 is 43.6 Å². The molecule has 484 valence electrons. The number of methoxy groups -OCH3 is 3. The molecule has 0 bridgehead atoms. The van der Waals surface area contributed by atoms with Gasteiger partial charge in [0.2, 0.25) is 0 Å². The zero-order chi connectivity index (χ0) is 61.9. The molecule has 0 aromatic carbocycles. The number of Topliss-reactive ketones (excluding diaryl/α,β-unsaturated/α-hetero) is 1. The summed E-state index contributed by atoms with van der Waals surface area (Å²) in [5.41, 5.74) is 6.34. The summed E-state index contributed by atoms with van der Waals surface area (Å²) < 4.78 is 14.6. The number of rotatable bonds is 13. The van der Waals surface area contributed by atoms with Gasteiger partial charge in [0, 0.05) is 32.1 Å². The largest absolute Gasteiger partial charge is 0.469 e. The SMILES string of the molecule is CC[C@]1(O)CC[C@@]2(C)C(=CC[C@H]3[C@@H]4CC[C@H]([C@H](C)CCC(=O)OC)[C@@]4(C)CC[C@@H]32)C1.COC(=O)CC[C@@H](C)[C@H]1CC[C@H]2[C@@H]3CC=C4CC(=O)CC[C@]4(C)[C@H]3CC[C@]12C.COC(=O)CC[C@@H](C)[C@H]1CC[C@H]2[C@@H]3CC=C4C[C@@H](O)CC[C@]4(C)[C@H]3CC[C@]12C. The Morgan fingerprint density at radius 1 is 0.500 bits per heavy atom. The van der Waals surface area contributed by atoms with Gasteiger partial charge in [-0.05, 0) is 288 Å². The van der Waals surface area contributed by atoms with Crippen LogP contribution in [0.4, 0.5) is 0 Å². The van der Waals surface area contributed by atoms with Crippen molar-refractivity contribution in [3.63, 3.8) is 0 Å². The fourth-order valence-electron chi connectivity index (χ4n) is 25.0. The number of ketones is 1. The summed E-state index contributed by atoms with van der Waals surface area (Å²) in [6.45, 7) is 24.5. The van der Waals surface area contributed by atoms with Crippen LogP contribution in [0.1, 0.15) is 268 Å². The van der Waals surface area contributed by atoms with E-state index in [1.165, 1.54) is 130 Å². The maximum Gasteiger partial charge on any atom is 0.305 e. The van der Waals surface area contributed by atoms with Crippen LogP contribution in [0.5, 0.6) is 0 Å². The van der Waals surface area contributed by atoms with Gasteiger partial charge in [0.15, 0.2) is 0 Å². The van der Waals surface area contributed by atoms with Crippen molar-refractivity contribution in [3.05, 3.63) is 34.9 Å². The normalized spacial score (nSPS) is 45.3. The van der Waals surface area contributed by atoms with E-state index >= 15 is 0 Å². The zero-order valence-corrected chi connectivity index (χ0v) is 56.6. The predicted octanol–water partition coefficient (Wildman–Crippen LogP) is 17.5. The summed E-state index contributed by atoms with van der Waals surface area (Å²) in [6, 6.07) is 0. The molecule has 0 spiro atoms. The van der Waals surface area contributed by atoms with Crippen molar-refractivity contribution in [1.82, 2.24) is 0 Å². The van der Waals surface area contributed by atoms with Gasteiger partial charge >= 0.3 is 17.9 Å². The van der Waals surface area contributed by atoms with Crippen LogP contribution in [0, 0.1) is 121 Å². The van der Waals surface area contributed by atoms with Crippen LogP contribution >= 0.6 is 0 Å². The van der Waals surface area contributed by atoms with Crippen LogP contribution in [0.25, 0.3) is 0 Å². The van der Waals surface area contributed by atoms with Crippen LogP contribution in [-0.2, 0) is 33.4 Å². The molecule has 0 unspecified atom stereocenters. The van der Waals surface area contributed by atoms with Crippen LogP contribution in [-0.4, -0.2) is 66.9 Å². The first-order chi connectivity index (χ1) is 40.7. The Labute approximate surface area is 522 Å². The van der Waals surface area contributed by atoms with Gasteiger partial charge in [-0.1, -0.05) is 104 Å². The molecular weight excluding hydrogens is 1070 g/mol. The maximum absolute atomic E-state index is 12.0. The zero-order valence-electron chi connectivity index (χ0n) is 56.6. The number of fused-ring (bicyclic) bond motifs is 15. The van der Waals surface area contributed by atoms with Crippen molar-refractivity contribution in [2.45, 2.75) is 280 Å². The molecule has 9 nitrogen and oxygen atoms in total. The first-order valence-corrected chi connectivity index (χ1v) is 36.0. The quantitative estimate of drug-likeness (QED) is 0.105. The van der Waals surface area contributed by atoms with E-state index in [1.807, 2.05) is 0 Å². The molecule has 12 aliphatic rings. The second-order valence-electron chi connectivity index (χ2n) is 33.6. The lowest BCUT2D eigenvalue weighted by Gasteiger charge is -2.59. The Morgan fingerprint density at radius 2 is 0.884 bits per heavy atom. The van der Waals surface area contributed by atoms with Gasteiger partial charge in [0.1, 0.15) is 5.78 Å². The minimum Gasteiger partial charge on any atom is -0.469 e. The standard InChI is InChI=1S/C27H44O3.C25H40O3.C25H38O3/c1-6-27(29)16-15-25(3)19(17-27)8-9-20-22-11-10-21(18(2)7-12-24(28)30-5)26(22,4)14-13-23(20)25;2*1-16(5-10-23(27)28-4)20-8-9-21-19-7-6-17-15-18(26)11-13-24(17,2)22(19)12-14-25(20,21)3/h8,18,20-23,29H,6-7,9-17H2,1-5H3;6,16,18-22,26H,5,7-15H2,1-4H3;6,16,19-22H,5,7-15H2,1-4H3/t18-,20+,21-,22+,23+,25+,26-,27+;16-,18+,19+,20-,21+,22+,24+,25-;16-,19+,20-,21+,22+,24+,25-/m111/s1. The molecule has 0 amide bonds. The van der Waals surface area contributed by atoms with E-state index in [0.717, 1.165) is 148 Å². The van der Waals surface area contributed by atoms with Gasteiger partial charge in [0.05, 0.1) is 33.0 Å². The lowest BCUT2D eigenvalue weighted by atomic mass is 9.46. The van der Waals surface area contributed by atoms with E-state index in [2.05, 4.69) is 87.5 Å². The molecule has 0 saturated heterocycles. The second-order valence-corrected chi connectivity index (χ2v) is 33.6. The molecule has 0 aromatic rings. The Kier molecular flexibility index (Phi) is 19.8. The van der Waals surface area contributed by atoms with E-state index in [4.69, 9.17) is 14.2 Å². The van der Waals surface area contributed by atoms with Crippen molar-refractivity contribution >= 4 is 23.7 Å². The number of hydrogen-bond donors (Lipinski definition) is 2. The van der Waals surface area contributed by atoms with Crippen LogP contribution < -0.4 is 0 Å². The average Bonchev–Trinajstić information content (AvgIpc) is 1.38. The van der Waals surface area contributed by atoms with Crippen LogP contribution in [0.2, 0.25) is 0 Å². The van der Waals surface area contributed by atoms with E-state index in [-0.39, 0.29) is 29.4 Å². The van der Waals surface area contributed by atoms with E-state index in [1.54, 1.807) is 11.1 Å². The van der Waals surface area contributed by atoms with Crippen molar-refractivity contribution in [2.75, 3.05) is 21.3 Å². The monoisotopic (exact) mass is 1190 g/mol. The number of carbonyl (C=O) groups is 4. The smallest absolute Gasteiger partial charge is 0.305 e. The van der Waals surface area contributed by atoms with Crippen molar-refractivity contribution in [2.24, 2.45) is 121 Å². The highest BCUT2D eigenvalue weighted by Gasteiger charge is 2.63. The fourth-order valence-corrected chi connectivity index (χ4v) is 25.0. The second kappa shape index (κ2) is 25.7. The van der Waals surface area contributed by atoms with Gasteiger partial charge < -0.3 is 24.4 Å². The molecule has 12 aliphatic carbocycles. The van der Waals surface area contributed by atoms with Crippen LogP contribution in [0.3, 0.4) is 0 Å². The number of ether oxygens (including phenoxy) is 3. The lowest BCUT2D eigenvalue weighted by Crippen LogP contribution is -2.52. The molecule has 9 saturated carbocycles. The first kappa shape index (κ1) is 66.2. The molecule has 0 heterocycles. The van der Waals surface area contributed by atoms with Crippen molar-refractivity contribution in [3.8, 4) is 0 Å². The number of esters is 3. The third-order valence-electron chi connectivity index (χ3n) is 30.3. The van der Waals surface area contributed by atoms with Gasteiger partial charge in [0.25, 0.3) is 0 Å². The minimum atomic E-state index is -0.463. The van der Waals surface area contributed by atoms with Crippen molar-refractivity contribution in [1.29, 1.82) is 0 Å². The third kappa shape index (κ3) is 11.9. The summed E-state index contributed by atoms with van der Waals surface area (Å²) in [7, 11) is 4.49. The van der Waals surface area contributed by atoms with Gasteiger partial charge in [-0.2, -0.15) is 0 Å². The number of aliphatic hydroxyl groups is 2. The number of carbonyl (C=O) groups excluding carboxylic acids is 4. The summed E-state index contributed by atoms with van der Waals surface area (Å²) in [5.74, 6) is 11.5.